The Hall–Kier alpha value is -3.41. The summed E-state index contributed by atoms with van der Waals surface area (Å²) in [7, 11) is 0. The summed E-state index contributed by atoms with van der Waals surface area (Å²) in [6.45, 7) is 3.31. The fourth-order valence-corrected chi connectivity index (χ4v) is 3.80. The van der Waals surface area contributed by atoms with E-state index in [1.807, 2.05) is 53.4 Å². The third-order valence-corrected chi connectivity index (χ3v) is 5.33. The van der Waals surface area contributed by atoms with E-state index in [4.69, 9.17) is 4.74 Å². The van der Waals surface area contributed by atoms with Crippen molar-refractivity contribution in [2.24, 2.45) is 5.92 Å². The number of amides is 1. The predicted octanol–water partition coefficient (Wildman–Crippen LogP) is 4.81. The molecule has 1 amide bonds. The van der Waals surface area contributed by atoms with Gasteiger partial charge in [0.15, 0.2) is 0 Å². The molecule has 1 unspecified atom stereocenters. The molecular weight excluding hydrogens is 376 g/mol. The molecule has 0 radical (unpaired) electrons. The maximum absolute atomic E-state index is 11.7. The number of aromatic nitrogens is 2. The molecule has 0 aliphatic carbocycles. The first kappa shape index (κ1) is 19.9. The highest BCUT2D eigenvalue weighted by Crippen LogP contribution is 2.29. The van der Waals surface area contributed by atoms with Crippen LogP contribution in [0.5, 0.6) is 11.6 Å². The van der Waals surface area contributed by atoms with Crippen LogP contribution in [0.2, 0.25) is 0 Å². The van der Waals surface area contributed by atoms with Crippen LogP contribution in [-0.2, 0) is 11.2 Å². The average Bonchev–Trinajstić information content (AvgIpc) is 2.77. The number of piperidine rings is 1. The van der Waals surface area contributed by atoms with Crippen molar-refractivity contribution in [2.75, 3.05) is 18.4 Å². The normalized spacial score (nSPS) is 16.2. The van der Waals surface area contributed by atoms with Crippen LogP contribution in [0.1, 0.15) is 25.3 Å². The van der Waals surface area contributed by atoms with Crippen LogP contribution < -0.4 is 10.1 Å². The second-order valence-corrected chi connectivity index (χ2v) is 7.61. The minimum Gasteiger partial charge on any atom is -0.439 e. The number of ether oxygens (including phenoxy) is 1. The SMILES string of the molecule is CC(=O)N1CCCC(Cc2cccnc2Oc2ccc(Nc3ccccn3)cc2)C1. The molecule has 2 aromatic heterocycles. The van der Waals surface area contributed by atoms with Crippen molar-refractivity contribution < 1.29 is 9.53 Å². The summed E-state index contributed by atoms with van der Waals surface area (Å²) in [5, 5.41) is 3.26. The molecule has 3 aromatic rings. The van der Waals surface area contributed by atoms with E-state index in [1.165, 1.54) is 0 Å². The van der Waals surface area contributed by atoms with Crippen LogP contribution in [0.15, 0.2) is 67.0 Å². The van der Waals surface area contributed by atoms with Gasteiger partial charge in [-0.3, -0.25) is 4.79 Å². The topological polar surface area (TPSA) is 67.4 Å². The Labute approximate surface area is 176 Å². The fourth-order valence-electron chi connectivity index (χ4n) is 3.80. The molecule has 4 rings (SSSR count). The molecule has 0 bridgehead atoms. The first-order valence-electron chi connectivity index (χ1n) is 10.3. The van der Waals surface area contributed by atoms with E-state index in [0.29, 0.717) is 11.8 Å². The summed E-state index contributed by atoms with van der Waals surface area (Å²) in [4.78, 5) is 22.4. The lowest BCUT2D eigenvalue weighted by Gasteiger charge is -2.32. The molecule has 6 nitrogen and oxygen atoms in total. The van der Waals surface area contributed by atoms with Gasteiger partial charge in [0.2, 0.25) is 11.8 Å². The number of hydrogen-bond donors (Lipinski definition) is 1. The third kappa shape index (κ3) is 5.14. The van der Waals surface area contributed by atoms with Crippen molar-refractivity contribution in [2.45, 2.75) is 26.2 Å². The molecule has 1 aliphatic heterocycles. The van der Waals surface area contributed by atoms with Crippen molar-refractivity contribution in [3.05, 3.63) is 72.6 Å². The second kappa shape index (κ2) is 9.39. The molecule has 1 N–H and O–H groups in total. The summed E-state index contributed by atoms with van der Waals surface area (Å²) in [5.41, 5.74) is 2.01. The maximum Gasteiger partial charge on any atom is 0.222 e. The van der Waals surface area contributed by atoms with Crippen LogP contribution in [0.25, 0.3) is 0 Å². The Balaban J connectivity index is 1.42. The zero-order chi connectivity index (χ0) is 20.8. The Morgan fingerprint density at radius 1 is 1.10 bits per heavy atom. The van der Waals surface area contributed by atoms with Gasteiger partial charge in [-0.2, -0.15) is 0 Å². The fraction of sp³-hybridized carbons (Fsp3) is 0.292. The van der Waals surface area contributed by atoms with E-state index in [-0.39, 0.29) is 5.91 Å². The second-order valence-electron chi connectivity index (χ2n) is 7.61. The zero-order valence-corrected chi connectivity index (χ0v) is 17.1. The highest BCUT2D eigenvalue weighted by Gasteiger charge is 2.23. The predicted molar refractivity (Wildman–Crippen MR) is 117 cm³/mol. The van der Waals surface area contributed by atoms with Crippen molar-refractivity contribution in [1.29, 1.82) is 0 Å². The molecule has 1 saturated heterocycles. The van der Waals surface area contributed by atoms with Crippen LogP contribution in [0.4, 0.5) is 11.5 Å². The molecule has 1 aliphatic rings. The number of nitrogens with one attached hydrogen (secondary N) is 1. The van der Waals surface area contributed by atoms with Crippen molar-refractivity contribution in [3.63, 3.8) is 0 Å². The highest BCUT2D eigenvalue weighted by atomic mass is 16.5. The van der Waals surface area contributed by atoms with Gasteiger partial charge >= 0.3 is 0 Å². The van der Waals surface area contributed by atoms with Crippen LogP contribution in [0.3, 0.4) is 0 Å². The molecule has 6 heteroatoms. The molecular formula is C24H26N4O2. The van der Waals surface area contributed by atoms with Gasteiger partial charge in [0.05, 0.1) is 0 Å². The van der Waals surface area contributed by atoms with Gasteiger partial charge in [-0.1, -0.05) is 12.1 Å². The first-order valence-corrected chi connectivity index (χ1v) is 10.3. The molecule has 30 heavy (non-hydrogen) atoms. The van der Waals surface area contributed by atoms with E-state index in [0.717, 1.165) is 55.2 Å². The van der Waals surface area contributed by atoms with Crippen molar-refractivity contribution in [1.82, 2.24) is 14.9 Å². The van der Waals surface area contributed by atoms with Crippen molar-refractivity contribution in [3.8, 4) is 11.6 Å². The Bertz CT molecular complexity index is 976. The summed E-state index contributed by atoms with van der Waals surface area (Å²) >= 11 is 0. The third-order valence-electron chi connectivity index (χ3n) is 5.33. The summed E-state index contributed by atoms with van der Waals surface area (Å²) in [5.74, 6) is 2.74. The van der Waals surface area contributed by atoms with E-state index in [1.54, 1.807) is 19.3 Å². The van der Waals surface area contributed by atoms with Gasteiger partial charge in [-0.15, -0.1) is 0 Å². The summed E-state index contributed by atoms with van der Waals surface area (Å²) < 4.78 is 6.10. The van der Waals surface area contributed by atoms with Crippen LogP contribution in [0, 0.1) is 5.92 Å². The molecule has 3 heterocycles. The minimum atomic E-state index is 0.154. The lowest BCUT2D eigenvalue weighted by atomic mass is 9.91. The average molecular weight is 402 g/mol. The lowest BCUT2D eigenvalue weighted by molar-refractivity contribution is -0.130. The smallest absolute Gasteiger partial charge is 0.222 e. The Morgan fingerprint density at radius 3 is 2.70 bits per heavy atom. The maximum atomic E-state index is 11.7. The largest absolute Gasteiger partial charge is 0.439 e. The quantitative estimate of drug-likeness (QED) is 0.641. The minimum absolute atomic E-state index is 0.154. The van der Waals surface area contributed by atoms with Gasteiger partial charge in [0.25, 0.3) is 0 Å². The summed E-state index contributed by atoms with van der Waals surface area (Å²) in [6, 6.07) is 17.5. The van der Waals surface area contributed by atoms with E-state index >= 15 is 0 Å². The van der Waals surface area contributed by atoms with E-state index in [9.17, 15) is 4.79 Å². The number of likely N-dealkylation sites (tertiary alicyclic amines) is 1. The van der Waals surface area contributed by atoms with Gasteiger partial charge in [-0.25, -0.2) is 9.97 Å². The molecule has 154 valence electrons. The number of carbonyl (C=O) groups excluding carboxylic acids is 1. The Kier molecular flexibility index (Phi) is 6.23. The van der Waals surface area contributed by atoms with Gasteiger partial charge in [0, 0.05) is 43.7 Å². The van der Waals surface area contributed by atoms with Gasteiger partial charge in [-0.05, 0) is 67.6 Å². The summed E-state index contributed by atoms with van der Waals surface area (Å²) in [6.07, 6.45) is 6.52. The van der Waals surface area contributed by atoms with Gasteiger partial charge in [0.1, 0.15) is 11.6 Å². The molecule has 0 spiro atoms. The number of rotatable bonds is 6. The molecule has 0 saturated carbocycles. The molecule has 1 aromatic carbocycles. The standard InChI is InChI=1S/C24H26N4O2/c1-18(29)28-15-5-6-19(17-28)16-20-7-4-14-26-24(20)30-22-11-9-21(10-12-22)27-23-8-2-3-13-25-23/h2-4,7-14,19H,5-6,15-17H2,1H3,(H,25,27). The van der Waals surface area contributed by atoms with Gasteiger partial charge < -0.3 is 15.0 Å². The number of pyridine rings is 2. The monoisotopic (exact) mass is 402 g/mol. The number of carbonyl (C=O) groups is 1. The molecule has 1 atom stereocenters. The number of benzene rings is 1. The van der Waals surface area contributed by atoms with Crippen molar-refractivity contribution >= 4 is 17.4 Å². The lowest BCUT2D eigenvalue weighted by Crippen LogP contribution is -2.39. The number of hydrogen-bond acceptors (Lipinski definition) is 5. The first-order chi connectivity index (χ1) is 14.7. The van der Waals surface area contributed by atoms with Crippen LogP contribution >= 0.6 is 0 Å². The van der Waals surface area contributed by atoms with E-state index < -0.39 is 0 Å². The van der Waals surface area contributed by atoms with E-state index in [2.05, 4.69) is 21.4 Å². The number of nitrogens with zero attached hydrogens (tertiary/aromatic N) is 3. The number of anilines is 2. The van der Waals surface area contributed by atoms with Crippen LogP contribution in [-0.4, -0.2) is 33.9 Å². The Morgan fingerprint density at radius 2 is 1.93 bits per heavy atom. The molecule has 1 fully saturated rings. The highest BCUT2D eigenvalue weighted by molar-refractivity contribution is 5.73. The zero-order valence-electron chi connectivity index (χ0n) is 17.1.